The van der Waals surface area contributed by atoms with Gasteiger partial charge < -0.3 is 10.4 Å². The van der Waals surface area contributed by atoms with Crippen molar-refractivity contribution in [2.24, 2.45) is 0 Å². The van der Waals surface area contributed by atoms with Crippen molar-refractivity contribution >= 4 is 38.5 Å². The molecule has 27 heavy (non-hydrogen) atoms. The van der Waals surface area contributed by atoms with E-state index in [-0.39, 0.29) is 17.9 Å². The molecule has 0 saturated heterocycles. The number of hydrogen-bond acceptors (Lipinski definition) is 6. The minimum Gasteiger partial charge on any atom is -0.481 e. The van der Waals surface area contributed by atoms with Gasteiger partial charge in [0.05, 0.1) is 21.9 Å². The van der Waals surface area contributed by atoms with Crippen LogP contribution in [0.4, 0.5) is 9.93 Å². The van der Waals surface area contributed by atoms with Gasteiger partial charge in [0.1, 0.15) is 0 Å². The molecule has 2 aromatic rings. The number of anilines is 1. The number of thiazole rings is 1. The van der Waals surface area contributed by atoms with Crippen molar-refractivity contribution in [3.05, 3.63) is 30.0 Å². The average Bonchev–Trinajstić information content (AvgIpc) is 2.94. The minimum atomic E-state index is -3.50. The average molecular weight is 412 g/mol. The van der Waals surface area contributed by atoms with E-state index in [1.165, 1.54) is 37.6 Å². The smallest absolute Gasteiger partial charge is 0.321 e. The van der Waals surface area contributed by atoms with Crippen molar-refractivity contribution < 1.29 is 23.1 Å². The van der Waals surface area contributed by atoms with Gasteiger partial charge in [-0.2, -0.15) is 0 Å². The predicted molar refractivity (Wildman–Crippen MR) is 102 cm³/mol. The largest absolute Gasteiger partial charge is 0.481 e. The van der Waals surface area contributed by atoms with Crippen LogP contribution in [0.5, 0.6) is 0 Å². The topological polar surface area (TPSA) is 129 Å². The molecule has 0 fully saturated rings. The van der Waals surface area contributed by atoms with Crippen molar-refractivity contribution in [1.82, 2.24) is 14.6 Å². The molecule has 0 aliphatic heterocycles. The maximum atomic E-state index is 12.1. The maximum absolute atomic E-state index is 12.1. The third kappa shape index (κ3) is 5.25. The first-order valence-corrected chi connectivity index (χ1v) is 10.1. The summed E-state index contributed by atoms with van der Waals surface area (Å²) in [4.78, 5) is 27.5. The fraction of sp³-hybridized carbons (Fsp3) is 0.312. The van der Waals surface area contributed by atoms with Gasteiger partial charge in [0.2, 0.25) is 10.0 Å². The van der Waals surface area contributed by atoms with E-state index in [9.17, 15) is 18.0 Å². The Morgan fingerprint density at radius 1 is 1.22 bits per heavy atom. The highest BCUT2D eigenvalue weighted by atomic mass is 32.2. The van der Waals surface area contributed by atoms with Crippen LogP contribution < -0.4 is 10.6 Å². The van der Waals surface area contributed by atoms with Crippen LogP contribution in [-0.4, -0.2) is 55.5 Å². The number of carboxylic acid groups (broad SMARTS) is 1. The number of benzene rings is 1. The van der Waals surface area contributed by atoms with Crippen LogP contribution in [0.2, 0.25) is 0 Å². The summed E-state index contributed by atoms with van der Waals surface area (Å²) in [5, 5.41) is 13.9. The van der Waals surface area contributed by atoms with Crippen LogP contribution in [-0.2, 0) is 14.8 Å². The Morgan fingerprint density at radius 3 is 2.41 bits per heavy atom. The van der Waals surface area contributed by atoms with Crippen molar-refractivity contribution in [2.45, 2.75) is 18.2 Å². The van der Waals surface area contributed by atoms with Crippen molar-refractivity contribution in [1.29, 1.82) is 0 Å². The number of carbonyl (C=O) groups excluding carboxylic acids is 1. The van der Waals surface area contributed by atoms with Gasteiger partial charge in [-0.15, -0.1) is 0 Å². The quantitative estimate of drug-likeness (QED) is 0.638. The molecule has 2 rings (SSSR count). The molecular weight excluding hydrogens is 392 g/mol. The zero-order valence-corrected chi connectivity index (χ0v) is 16.6. The lowest BCUT2D eigenvalue weighted by atomic mass is 10.2. The van der Waals surface area contributed by atoms with E-state index >= 15 is 0 Å². The molecule has 11 heteroatoms. The zero-order chi connectivity index (χ0) is 20.2. The van der Waals surface area contributed by atoms with Gasteiger partial charge >= 0.3 is 12.0 Å². The Kier molecular flexibility index (Phi) is 6.52. The maximum Gasteiger partial charge on any atom is 0.321 e. The fourth-order valence-electron chi connectivity index (χ4n) is 2.13. The van der Waals surface area contributed by atoms with Gasteiger partial charge in [0.15, 0.2) is 5.13 Å². The number of hydrogen-bond donors (Lipinski definition) is 3. The van der Waals surface area contributed by atoms with Gasteiger partial charge in [0, 0.05) is 20.6 Å². The molecule has 0 bridgehead atoms. The van der Waals surface area contributed by atoms with Crippen LogP contribution in [0.3, 0.4) is 0 Å². The molecule has 0 unspecified atom stereocenters. The summed E-state index contributed by atoms with van der Waals surface area (Å²) in [5.74, 6) is -0.998. The molecule has 0 aliphatic rings. The molecule has 0 aliphatic carbocycles. The summed E-state index contributed by atoms with van der Waals surface area (Å²) >= 11 is 1.24. The number of rotatable bonds is 7. The predicted octanol–water partition coefficient (Wildman–Crippen LogP) is 1.97. The Morgan fingerprint density at radius 2 is 1.85 bits per heavy atom. The van der Waals surface area contributed by atoms with Gasteiger partial charge in [0.25, 0.3) is 0 Å². The number of carboxylic acids is 1. The third-order valence-electron chi connectivity index (χ3n) is 3.54. The van der Waals surface area contributed by atoms with E-state index in [2.05, 4.69) is 15.6 Å². The van der Waals surface area contributed by atoms with Crippen LogP contribution >= 0.6 is 11.3 Å². The summed E-state index contributed by atoms with van der Waals surface area (Å²) in [6.45, 7) is 1.80. The summed E-state index contributed by atoms with van der Waals surface area (Å²) < 4.78 is 25.4. The molecule has 0 spiro atoms. The molecule has 0 atom stereocenters. The summed E-state index contributed by atoms with van der Waals surface area (Å²) in [6.07, 6.45) is -0.169. The zero-order valence-electron chi connectivity index (χ0n) is 15.0. The van der Waals surface area contributed by atoms with E-state index in [1.807, 2.05) is 0 Å². The Balaban J connectivity index is 2.12. The van der Waals surface area contributed by atoms with Gasteiger partial charge in [-0.05, 0) is 24.6 Å². The number of nitrogens with one attached hydrogen (secondary N) is 2. The van der Waals surface area contributed by atoms with Crippen LogP contribution in [0.15, 0.2) is 29.2 Å². The highest BCUT2D eigenvalue weighted by Gasteiger charge is 2.18. The van der Waals surface area contributed by atoms with E-state index in [0.717, 1.165) is 14.7 Å². The molecule has 1 aromatic carbocycles. The number of sulfonamides is 1. The summed E-state index contributed by atoms with van der Waals surface area (Å²) in [7, 11) is -0.561. The van der Waals surface area contributed by atoms with Crippen LogP contribution in [0, 0.1) is 6.92 Å². The molecule has 146 valence electrons. The first-order valence-electron chi connectivity index (χ1n) is 7.88. The highest BCUT2D eigenvalue weighted by Crippen LogP contribution is 2.33. The number of aliphatic carboxylic acids is 1. The van der Waals surface area contributed by atoms with E-state index in [0.29, 0.717) is 10.8 Å². The van der Waals surface area contributed by atoms with Crippen molar-refractivity contribution in [3.63, 3.8) is 0 Å². The van der Waals surface area contributed by atoms with Gasteiger partial charge in [-0.3, -0.25) is 10.1 Å². The molecule has 3 N–H and O–H groups in total. The molecular formula is C16H20N4O5S2. The number of urea groups is 1. The van der Waals surface area contributed by atoms with Crippen LogP contribution in [0.1, 0.15) is 12.1 Å². The first-order chi connectivity index (χ1) is 12.6. The first kappa shape index (κ1) is 20.8. The van der Waals surface area contributed by atoms with Crippen LogP contribution in [0.25, 0.3) is 10.4 Å². The number of aryl methyl sites for hydroxylation is 1. The second-order valence-electron chi connectivity index (χ2n) is 5.77. The third-order valence-corrected chi connectivity index (χ3v) is 6.49. The summed E-state index contributed by atoms with van der Waals surface area (Å²) in [5.41, 5.74) is 1.46. The fourth-order valence-corrected chi connectivity index (χ4v) is 4.00. The number of nitrogens with zero attached hydrogens (tertiary/aromatic N) is 2. The Hall–Kier alpha value is -2.50. The van der Waals surface area contributed by atoms with Gasteiger partial charge in [-0.1, -0.05) is 23.5 Å². The Labute approximate surface area is 161 Å². The second kappa shape index (κ2) is 8.46. The van der Waals surface area contributed by atoms with E-state index in [4.69, 9.17) is 5.11 Å². The number of carbonyl (C=O) groups is 2. The monoisotopic (exact) mass is 412 g/mol. The highest BCUT2D eigenvalue weighted by molar-refractivity contribution is 7.89. The normalized spacial score (nSPS) is 11.4. The SMILES string of the molecule is Cc1nc(NC(=O)NCCC(=O)O)sc1-c1ccc(S(=O)(=O)N(C)C)cc1. The van der Waals surface area contributed by atoms with E-state index in [1.54, 1.807) is 19.1 Å². The van der Waals surface area contributed by atoms with Crippen molar-refractivity contribution in [2.75, 3.05) is 26.0 Å². The lowest BCUT2D eigenvalue weighted by Crippen LogP contribution is -2.30. The molecule has 1 heterocycles. The standard InChI is InChI=1S/C16H20N4O5S2/c1-10-14(11-4-6-12(7-5-11)27(24,25)20(2)3)26-16(18-10)19-15(23)17-9-8-13(21)22/h4-7H,8-9H2,1-3H3,(H,21,22)(H2,17,18,19,23). The minimum absolute atomic E-state index is 0.0141. The lowest BCUT2D eigenvalue weighted by molar-refractivity contribution is -0.136. The molecule has 2 amide bonds. The molecule has 0 saturated carbocycles. The number of amides is 2. The second-order valence-corrected chi connectivity index (χ2v) is 8.92. The number of aromatic nitrogens is 1. The molecule has 0 radical (unpaired) electrons. The summed E-state index contributed by atoms with van der Waals surface area (Å²) in [6, 6.07) is 5.88. The molecule has 1 aromatic heterocycles. The Bertz CT molecular complexity index is 936. The lowest BCUT2D eigenvalue weighted by Gasteiger charge is -2.11. The van der Waals surface area contributed by atoms with Gasteiger partial charge in [-0.25, -0.2) is 22.5 Å². The van der Waals surface area contributed by atoms with Crippen molar-refractivity contribution in [3.8, 4) is 10.4 Å². The molecule has 9 nitrogen and oxygen atoms in total. The van der Waals surface area contributed by atoms with E-state index < -0.39 is 22.0 Å².